The van der Waals surface area contributed by atoms with E-state index in [0.717, 1.165) is 12.8 Å². The number of alkyl halides is 3. The van der Waals surface area contributed by atoms with Crippen LogP contribution in [0, 0.1) is 0 Å². The van der Waals surface area contributed by atoms with Crippen molar-refractivity contribution in [1.29, 1.82) is 0 Å². The Balaban J connectivity index is 2.72. The fraction of sp³-hybridized carbons (Fsp3) is 0.385. The summed E-state index contributed by atoms with van der Waals surface area (Å²) in [4.78, 5) is 0. The lowest BCUT2D eigenvalue weighted by Crippen LogP contribution is -2.20. The van der Waals surface area contributed by atoms with E-state index in [9.17, 15) is 13.2 Å². The highest BCUT2D eigenvalue weighted by Gasteiger charge is 2.32. The predicted molar refractivity (Wildman–Crippen MR) is 65.6 cm³/mol. The second-order valence-electron chi connectivity index (χ2n) is 3.96. The van der Waals surface area contributed by atoms with Crippen molar-refractivity contribution in [3.63, 3.8) is 0 Å². The molecule has 5 heteroatoms. The largest absolute Gasteiger partial charge is 0.573 e. The van der Waals surface area contributed by atoms with Crippen molar-refractivity contribution in [2.24, 2.45) is 0 Å². The van der Waals surface area contributed by atoms with Crippen LogP contribution in [0.2, 0.25) is 0 Å². The molecular weight excluding hydrogens is 243 g/mol. The van der Waals surface area contributed by atoms with Gasteiger partial charge in [-0.3, -0.25) is 0 Å². The molecule has 0 aliphatic heterocycles. The van der Waals surface area contributed by atoms with Crippen molar-refractivity contribution in [1.82, 2.24) is 0 Å². The summed E-state index contributed by atoms with van der Waals surface area (Å²) in [6, 6.07) is 6.05. The van der Waals surface area contributed by atoms with Crippen molar-refractivity contribution in [2.75, 3.05) is 5.32 Å². The van der Waals surface area contributed by atoms with Crippen molar-refractivity contribution < 1.29 is 17.9 Å². The minimum absolute atomic E-state index is 0.0426. The van der Waals surface area contributed by atoms with Crippen molar-refractivity contribution in [3.8, 4) is 5.75 Å². The zero-order valence-corrected chi connectivity index (χ0v) is 10.1. The number of rotatable bonds is 6. The van der Waals surface area contributed by atoms with E-state index in [1.165, 1.54) is 12.1 Å². The first-order valence-corrected chi connectivity index (χ1v) is 5.64. The number of benzene rings is 1. The van der Waals surface area contributed by atoms with Crippen LogP contribution in [0.15, 0.2) is 36.9 Å². The third kappa shape index (κ3) is 5.12. The third-order valence-corrected chi connectivity index (χ3v) is 2.32. The number of anilines is 1. The first-order chi connectivity index (χ1) is 8.42. The highest BCUT2D eigenvalue weighted by atomic mass is 19.4. The average molecular weight is 259 g/mol. The van der Waals surface area contributed by atoms with Crippen LogP contribution < -0.4 is 10.1 Å². The normalized spacial score (nSPS) is 12.9. The van der Waals surface area contributed by atoms with Crippen LogP contribution in [0.1, 0.15) is 19.8 Å². The number of ether oxygens (including phenoxy) is 1. The molecule has 0 saturated carbocycles. The van der Waals surface area contributed by atoms with E-state index in [1.807, 2.05) is 6.92 Å². The number of hydrogen-bond donors (Lipinski definition) is 1. The van der Waals surface area contributed by atoms with Gasteiger partial charge in [-0.1, -0.05) is 18.2 Å². The standard InChI is InChI=1S/C13H16F3NO/c1-3-4-7-10(2)17-11-8-5-6-9-12(11)18-13(14,15)16/h3,5-6,8-10,17H,1,4,7H2,2H3. The molecule has 1 rings (SSSR count). The SMILES string of the molecule is C=CCCC(C)Nc1ccccc1OC(F)(F)F. The Morgan fingerprint density at radius 3 is 2.67 bits per heavy atom. The van der Waals surface area contributed by atoms with Crippen molar-refractivity contribution >= 4 is 5.69 Å². The highest BCUT2D eigenvalue weighted by Crippen LogP contribution is 2.30. The van der Waals surface area contributed by atoms with Gasteiger partial charge in [0.2, 0.25) is 0 Å². The maximum Gasteiger partial charge on any atom is 0.573 e. The van der Waals surface area contributed by atoms with Gasteiger partial charge in [-0.2, -0.15) is 0 Å². The molecule has 18 heavy (non-hydrogen) atoms. The first-order valence-electron chi connectivity index (χ1n) is 5.64. The summed E-state index contributed by atoms with van der Waals surface area (Å²) in [6.07, 6.45) is -1.31. The van der Waals surface area contributed by atoms with E-state index in [1.54, 1.807) is 18.2 Å². The van der Waals surface area contributed by atoms with Gasteiger partial charge in [0.05, 0.1) is 5.69 Å². The number of hydrogen-bond acceptors (Lipinski definition) is 2. The summed E-state index contributed by atoms with van der Waals surface area (Å²) in [5.74, 6) is -0.213. The Hall–Kier alpha value is -1.65. The molecule has 1 atom stereocenters. The van der Waals surface area contributed by atoms with Gasteiger partial charge < -0.3 is 10.1 Å². The van der Waals surface area contributed by atoms with Gasteiger partial charge in [0.25, 0.3) is 0 Å². The van der Waals surface area contributed by atoms with Gasteiger partial charge in [0.15, 0.2) is 5.75 Å². The molecule has 0 saturated heterocycles. The zero-order chi connectivity index (χ0) is 13.6. The summed E-state index contributed by atoms with van der Waals surface area (Å²) >= 11 is 0. The van der Waals surface area contributed by atoms with E-state index in [-0.39, 0.29) is 11.8 Å². The maximum absolute atomic E-state index is 12.2. The Morgan fingerprint density at radius 2 is 2.06 bits per heavy atom. The molecule has 1 unspecified atom stereocenters. The number of allylic oxidation sites excluding steroid dienone is 1. The number of nitrogens with one attached hydrogen (secondary N) is 1. The Labute approximate surface area is 104 Å². The molecule has 0 spiro atoms. The minimum Gasteiger partial charge on any atom is -0.404 e. The van der Waals surface area contributed by atoms with Gasteiger partial charge in [0, 0.05) is 6.04 Å². The molecule has 1 aromatic carbocycles. The van der Waals surface area contributed by atoms with Gasteiger partial charge >= 0.3 is 6.36 Å². The summed E-state index contributed by atoms with van der Waals surface area (Å²) in [5.41, 5.74) is 0.339. The van der Waals surface area contributed by atoms with Crippen molar-refractivity contribution in [3.05, 3.63) is 36.9 Å². The zero-order valence-electron chi connectivity index (χ0n) is 10.1. The van der Waals surface area contributed by atoms with E-state index in [2.05, 4.69) is 16.6 Å². The Bertz CT molecular complexity index is 390. The Kier molecular flexibility index (Phi) is 5.07. The first kappa shape index (κ1) is 14.4. The molecule has 1 aromatic rings. The summed E-state index contributed by atoms with van der Waals surface area (Å²) < 4.78 is 40.6. The molecule has 0 amide bonds. The molecule has 100 valence electrons. The molecule has 1 N–H and O–H groups in total. The van der Waals surface area contributed by atoms with Gasteiger partial charge in [0.1, 0.15) is 0 Å². The highest BCUT2D eigenvalue weighted by molar-refractivity contribution is 5.56. The molecule has 2 nitrogen and oxygen atoms in total. The summed E-state index contributed by atoms with van der Waals surface area (Å²) in [6.45, 7) is 5.50. The summed E-state index contributed by atoms with van der Waals surface area (Å²) in [7, 11) is 0. The molecule has 0 bridgehead atoms. The molecule has 0 fully saturated rings. The lowest BCUT2D eigenvalue weighted by molar-refractivity contribution is -0.274. The number of para-hydroxylation sites is 2. The molecule has 0 heterocycles. The monoisotopic (exact) mass is 259 g/mol. The molecule has 0 aliphatic carbocycles. The van der Waals surface area contributed by atoms with Gasteiger partial charge in [-0.15, -0.1) is 19.8 Å². The molecule has 0 aromatic heterocycles. The van der Waals surface area contributed by atoms with Crippen LogP contribution in [-0.4, -0.2) is 12.4 Å². The summed E-state index contributed by atoms with van der Waals surface area (Å²) in [5, 5.41) is 3.00. The van der Waals surface area contributed by atoms with Crippen LogP contribution in [0.4, 0.5) is 18.9 Å². The van der Waals surface area contributed by atoms with E-state index < -0.39 is 6.36 Å². The lowest BCUT2D eigenvalue weighted by Gasteiger charge is -2.18. The smallest absolute Gasteiger partial charge is 0.404 e. The van der Waals surface area contributed by atoms with Gasteiger partial charge in [-0.05, 0) is 31.9 Å². The number of halogens is 3. The Morgan fingerprint density at radius 1 is 1.39 bits per heavy atom. The van der Waals surface area contributed by atoms with Crippen molar-refractivity contribution in [2.45, 2.75) is 32.2 Å². The van der Waals surface area contributed by atoms with Crippen LogP contribution in [0.5, 0.6) is 5.75 Å². The van der Waals surface area contributed by atoms with E-state index in [4.69, 9.17) is 0 Å². The second-order valence-corrected chi connectivity index (χ2v) is 3.96. The van der Waals surface area contributed by atoms with Crippen LogP contribution in [-0.2, 0) is 0 Å². The molecular formula is C13H16F3NO. The van der Waals surface area contributed by atoms with E-state index >= 15 is 0 Å². The fourth-order valence-electron chi connectivity index (χ4n) is 1.51. The third-order valence-electron chi connectivity index (χ3n) is 2.32. The average Bonchev–Trinajstić information content (AvgIpc) is 2.27. The van der Waals surface area contributed by atoms with Gasteiger partial charge in [-0.25, -0.2) is 0 Å². The molecule has 0 radical (unpaired) electrons. The lowest BCUT2D eigenvalue weighted by atomic mass is 10.1. The molecule has 0 aliphatic rings. The maximum atomic E-state index is 12.2. The van der Waals surface area contributed by atoms with E-state index in [0.29, 0.717) is 5.69 Å². The second kappa shape index (κ2) is 6.33. The topological polar surface area (TPSA) is 21.3 Å². The van der Waals surface area contributed by atoms with Crippen LogP contribution >= 0.6 is 0 Å². The van der Waals surface area contributed by atoms with Crippen LogP contribution in [0.3, 0.4) is 0 Å². The van der Waals surface area contributed by atoms with Crippen LogP contribution in [0.25, 0.3) is 0 Å². The predicted octanol–water partition coefficient (Wildman–Crippen LogP) is 4.35. The fourth-order valence-corrected chi connectivity index (χ4v) is 1.51. The quantitative estimate of drug-likeness (QED) is 0.767. The minimum atomic E-state index is -4.68.